The Balaban J connectivity index is 1.59. The van der Waals surface area contributed by atoms with Crippen LogP contribution < -0.4 is 10.1 Å². The molecule has 0 saturated heterocycles. The summed E-state index contributed by atoms with van der Waals surface area (Å²) in [5.74, 6) is -0.548. The van der Waals surface area contributed by atoms with Crippen LogP contribution in [0.4, 0.5) is 0 Å². The van der Waals surface area contributed by atoms with Crippen molar-refractivity contribution in [3.05, 3.63) is 94.5 Å². The Labute approximate surface area is 195 Å². The largest absolute Gasteiger partial charge is 0.497 e. The van der Waals surface area contributed by atoms with E-state index in [1.165, 1.54) is 11.3 Å². The molecule has 4 aromatic rings. The van der Waals surface area contributed by atoms with Gasteiger partial charge in [-0.25, -0.2) is 9.78 Å². The molecule has 0 fully saturated rings. The summed E-state index contributed by atoms with van der Waals surface area (Å²) in [6.07, 6.45) is 0. The summed E-state index contributed by atoms with van der Waals surface area (Å²) in [7, 11) is 1.58. The SMILES string of the molecule is COc1ccc(-c2cccc(C(=O)O)c2)c(CNC(=O)c2sc(-c3ccccc3)nc2C)c1. The molecule has 0 radical (unpaired) electrons. The number of aromatic nitrogens is 1. The van der Waals surface area contributed by atoms with Gasteiger partial charge >= 0.3 is 5.97 Å². The average Bonchev–Trinajstić information content (AvgIpc) is 3.24. The van der Waals surface area contributed by atoms with Crippen molar-refractivity contribution >= 4 is 23.2 Å². The summed E-state index contributed by atoms with van der Waals surface area (Å²) in [4.78, 5) is 29.5. The van der Waals surface area contributed by atoms with Gasteiger partial charge in [0.2, 0.25) is 0 Å². The summed E-state index contributed by atoms with van der Waals surface area (Å²) < 4.78 is 5.36. The van der Waals surface area contributed by atoms with Gasteiger partial charge in [-0.15, -0.1) is 11.3 Å². The monoisotopic (exact) mass is 458 g/mol. The standard InChI is InChI=1S/C26H22N2O4S/c1-16-23(33-25(28-16)17-7-4-3-5-8-17)24(29)27-15-20-14-21(32-2)11-12-22(20)18-9-6-10-19(13-18)26(30)31/h3-14H,15H2,1-2H3,(H,27,29)(H,30,31). The molecular weight excluding hydrogens is 436 g/mol. The van der Waals surface area contributed by atoms with Crippen LogP contribution in [0.2, 0.25) is 0 Å². The number of hydrogen-bond acceptors (Lipinski definition) is 5. The lowest BCUT2D eigenvalue weighted by atomic mass is 9.97. The molecule has 0 aliphatic heterocycles. The summed E-state index contributed by atoms with van der Waals surface area (Å²) in [6, 6.07) is 22.0. The molecule has 0 aliphatic rings. The first kappa shape index (κ1) is 22.2. The lowest BCUT2D eigenvalue weighted by Gasteiger charge is -2.13. The molecule has 0 bridgehead atoms. The van der Waals surface area contributed by atoms with Crippen LogP contribution in [0.15, 0.2) is 72.8 Å². The van der Waals surface area contributed by atoms with E-state index in [2.05, 4.69) is 10.3 Å². The molecule has 2 N–H and O–H groups in total. The van der Waals surface area contributed by atoms with Crippen LogP contribution in [-0.4, -0.2) is 29.1 Å². The van der Waals surface area contributed by atoms with Crippen molar-refractivity contribution < 1.29 is 19.4 Å². The van der Waals surface area contributed by atoms with E-state index in [0.717, 1.165) is 27.3 Å². The highest BCUT2D eigenvalue weighted by Crippen LogP contribution is 2.30. The second-order valence-electron chi connectivity index (χ2n) is 7.39. The molecule has 0 atom stereocenters. The molecule has 0 spiro atoms. The molecule has 6 nitrogen and oxygen atoms in total. The summed E-state index contributed by atoms with van der Waals surface area (Å²) >= 11 is 1.36. The number of carbonyl (C=O) groups is 2. The number of carboxylic acids is 1. The number of rotatable bonds is 7. The number of carboxylic acid groups (broad SMARTS) is 1. The summed E-state index contributed by atoms with van der Waals surface area (Å²) in [5, 5.41) is 13.1. The van der Waals surface area contributed by atoms with Gasteiger partial charge < -0.3 is 15.2 Å². The minimum atomic E-state index is -0.991. The zero-order chi connectivity index (χ0) is 23.4. The highest BCUT2D eigenvalue weighted by atomic mass is 32.1. The molecule has 0 unspecified atom stereocenters. The molecular formula is C26H22N2O4S. The zero-order valence-electron chi connectivity index (χ0n) is 18.2. The number of nitrogens with zero attached hydrogens (tertiary/aromatic N) is 1. The normalized spacial score (nSPS) is 10.6. The van der Waals surface area contributed by atoms with Gasteiger partial charge in [-0.3, -0.25) is 4.79 Å². The predicted molar refractivity (Wildman–Crippen MR) is 129 cm³/mol. The smallest absolute Gasteiger partial charge is 0.335 e. The Kier molecular flexibility index (Phi) is 6.51. The van der Waals surface area contributed by atoms with E-state index in [9.17, 15) is 14.7 Å². The Bertz CT molecular complexity index is 1320. The van der Waals surface area contributed by atoms with Crippen LogP contribution in [0.5, 0.6) is 5.75 Å². The Hall–Kier alpha value is -3.97. The first-order valence-corrected chi connectivity index (χ1v) is 11.1. The fourth-order valence-electron chi connectivity index (χ4n) is 3.51. The molecule has 7 heteroatoms. The van der Waals surface area contributed by atoms with Gasteiger partial charge in [0.25, 0.3) is 5.91 Å². The fourth-order valence-corrected chi connectivity index (χ4v) is 4.50. The van der Waals surface area contributed by atoms with E-state index in [1.807, 2.05) is 61.5 Å². The Morgan fingerprint density at radius 2 is 1.76 bits per heavy atom. The number of hydrogen-bond donors (Lipinski definition) is 2. The topological polar surface area (TPSA) is 88.5 Å². The van der Waals surface area contributed by atoms with Gasteiger partial charge in [0, 0.05) is 12.1 Å². The number of aromatic carboxylic acids is 1. The van der Waals surface area contributed by atoms with Gasteiger partial charge in [-0.05, 0) is 47.9 Å². The number of methoxy groups -OCH3 is 1. The number of amides is 1. The van der Waals surface area contributed by atoms with Crippen molar-refractivity contribution in [3.63, 3.8) is 0 Å². The maximum atomic E-state index is 13.0. The molecule has 1 amide bonds. The number of ether oxygens (including phenoxy) is 1. The third-order valence-electron chi connectivity index (χ3n) is 5.20. The van der Waals surface area contributed by atoms with Crippen LogP contribution in [-0.2, 0) is 6.54 Å². The predicted octanol–water partition coefficient (Wildman–Crippen LogP) is 5.42. The third-order valence-corrected chi connectivity index (χ3v) is 6.40. The zero-order valence-corrected chi connectivity index (χ0v) is 19.0. The van der Waals surface area contributed by atoms with E-state index < -0.39 is 5.97 Å². The first-order valence-electron chi connectivity index (χ1n) is 10.3. The Morgan fingerprint density at radius 3 is 2.48 bits per heavy atom. The minimum absolute atomic E-state index is 0.201. The summed E-state index contributed by atoms with van der Waals surface area (Å²) in [6.45, 7) is 2.08. The average molecular weight is 459 g/mol. The lowest BCUT2D eigenvalue weighted by molar-refractivity contribution is 0.0696. The fraction of sp³-hybridized carbons (Fsp3) is 0.115. The van der Waals surface area contributed by atoms with Crippen molar-refractivity contribution in [2.75, 3.05) is 7.11 Å². The van der Waals surface area contributed by atoms with Crippen LogP contribution in [0, 0.1) is 6.92 Å². The van der Waals surface area contributed by atoms with E-state index in [0.29, 0.717) is 16.3 Å². The molecule has 0 aliphatic carbocycles. The third kappa shape index (κ3) is 4.94. The number of carbonyl (C=O) groups excluding carboxylic acids is 1. The molecule has 33 heavy (non-hydrogen) atoms. The highest BCUT2D eigenvalue weighted by Gasteiger charge is 2.17. The van der Waals surface area contributed by atoms with E-state index in [1.54, 1.807) is 25.3 Å². The molecule has 166 valence electrons. The van der Waals surface area contributed by atoms with E-state index in [4.69, 9.17) is 4.74 Å². The van der Waals surface area contributed by atoms with Crippen molar-refractivity contribution in [2.45, 2.75) is 13.5 Å². The van der Waals surface area contributed by atoms with Gasteiger partial charge in [0.05, 0.1) is 18.4 Å². The van der Waals surface area contributed by atoms with Crippen LogP contribution in [0.1, 0.15) is 31.3 Å². The van der Waals surface area contributed by atoms with E-state index >= 15 is 0 Å². The first-order chi connectivity index (χ1) is 16.0. The molecule has 1 heterocycles. The number of aryl methyl sites for hydroxylation is 1. The highest BCUT2D eigenvalue weighted by molar-refractivity contribution is 7.17. The van der Waals surface area contributed by atoms with Gasteiger partial charge in [-0.1, -0.05) is 48.5 Å². The number of benzene rings is 3. The lowest BCUT2D eigenvalue weighted by Crippen LogP contribution is -2.23. The number of thiazole rings is 1. The van der Waals surface area contributed by atoms with Crippen molar-refractivity contribution in [3.8, 4) is 27.4 Å². The molecule has 4 rings (SSSR count). The van der Waals surface area contributed by atoms with Gasteiger partial charge in [0.1, 0.15) is 15.6 Å². The maximum Gasteiger partial charge on any atom is 0.335 e. The van der Waals surface area contributed by atoms with Gasteiger partial charge in [0.15, 0.2) is 0 Å². The quantitative estimate of drug-likeness (QED) is 0.386. The van der Waals surface area contributed by atoms with Crippen molar-refractivity contribution in [2.24, 2.45) is 0 Å². The molecule has 3 aromatic carbocycles. The van der Waals surface area contributed by atoms with Crippen LogP contribution in [0.3, 0.4) is 0 Å². The minimum Gasteiger partial charge on any atom is -0.497 e. The number of nitrogens with one attached hydrogen (secondary N) is 1. The van der Waals surface area contributed by atoms with Gasteiger partial charge in [-0.2, -0.15) is 0 Å². The van der Waals surface area contributed by atoms with Crippen molar-refractivity contribution in [1.82, 2.24) is 10.3 Å². The Morgan fingerprint density at radius 1 is 1.00 bits per heavy atom. The molecule has 0 saturated carbocycles. The van der Waals surface area contributed by atoms with Crippen LogP contribution in [0.25, 0.3) is 21.7 Å². The maximum absolute atomic E-state index is 13.0. The van der Waals surface area contributed by atoms with Crippen LogP contribution >= 0.6 is 11.3 Å². The van der Waals surface area contributed by atoms with Crippen molar-refractivity contribution in [1.29, 1.82) is 0 Å². The second kappa shape index (κ2) is 9.67. The molecule has 1 aromatic heterocycles. The summed E-state index contributed by atoms with van der Waals surface area (Å²) in [5.41, 5.74) is 4.24. The van der Waals surface area contributed by atoms with E-state index in [-0.39, 0.29) is 18.0 Å². The second-order valence-corrected chi connectivity index (χ2v) is 8.39.